The molecule has 6 heteroatoms. The van der Waals surface area contributed by atoms with Gasteiger partial charge in [-0.1, -0.05) is 0 Å². The first kappa shape index (κ1) is 12.2. The first-order chi connectivity index (χ1) is 8.11. The van der Waals surface area contributed by atoms with Crippen LogP contribution in [0.15, 0.2) is 6.07 Å². The largest absolute Gasteiger partial charge is 0.462 e. The van der Waals surface area contributed by atoms with Crippen molar-refractivity contribution in [3.05, 3.63) is 10.9 Å². The zero-order valence-corrected chi connectivity index (χ0v) is 10.6. The van der Waals surface area contributed by atoms with Gasteiger partial charge in [-0.2, -0.15) is 0 Å². The fourth-order valence-electron chi connectivity index (χ4n) is 1.89. The lowest BCUT2D eigenvalue weighted by Gasteiger charge is -2.14. The van der Waals surface area contributed by atoms with E-state index in [0.29, 0.717) is 17.2 Å². The van der Waals surface area contributed by atoms with Gasteiger partial charge in [-0.25, -0.2) is 4.79 Å². The highest BCUT2D eigenvalue weighted by Gasteiger charge is 2.23. The number of rotatable bonds is 3. The molecule has 1 aromatic rings. The molecule has 1 fully saturated rings. The predicted octanol–water partition coefficient (Wildman–Crippen LogP) is 1.04. The van der Waals surface area contributed by atoms with Gasteiger partial charge < -0.3 is 21.1 Å². The van der Waals surface area contributed by atoms with Gasteiger partial charge in [0.15, 0.2) is 0 Å². The maximum atomic E-state index is 11.6. The summed E-state index contributed by atoms with van der Waals surface area (Å²) in [6.45, 7) is 3.88. The van der Waals surface area contributed by atoms with Crippen molar-refractivity contribution >= 4 is 28.0 Å². The molecule has 0 radical (unpaired) electrons. The molecule has 17 heavy (non-hydrogen) atoms. The van der Waals surface area contributed by atoms with Crippen molar-refractivity contribution in [1.29, 1.82) is 0 Å². The first-order valence-corrected chi connectivity index (χ1v) is 6.50. The Balaban J connectivity index is 2.15. The van der Waals surface area contributed by atoms with Crippen LogP contribution in [0.4, 0.5) is 10.7 Å². The van der Waals surface area contributed by atoms with Crippen molar-refractivity contribution in [2.45, 2.75) is 19.4 Å². The number of anilines is 2. The molecule has 0 amide bonds. The third-order valence-corrected chi connectivity index (χ3v) is 3.94. The molecule has 2 heterocycles. The van der Waals surface area contributed by atoms with Gasteiger partial charge in [0.25, 0.3) is 0 Å². The molecule has 1 atom stereocenters. The number of nitrogens with two attached hydrogens (primary N) is 2. The van der Waals surface area contributed by atoms with Crippen molar-refractivity contribution in [3.63, 3.8) is 0 Å². The number of hydrogen-bond acceptors (Lipinski definition) is 6. The zero-order chi connectivity index (χ0) is 12.4. The Kier molecular flexibility index (Phi) is 3.54. The van der Waals surface area contributed by atoms with Gasteiger partial charge in [-0.3, -0.25) is 0 Å². The van der Waals surface area contributed by atoms with E-state index in [1.807, 2.05) is 6.07 Å². The molecular weight excluding hydrogens is 238 g/mol. The number of ether oxygens (including phenoxy) is 1. The Morgan fingerprint density at radius 3 is 3.06 bits per heavy atom. The topological polar surface area (TPSA) is 81.6 Å². The minimum absolute atomic E-state index is 0.212. The molecule has 4 N–H and O–H groups in total. The summed E-state index contributed by atoms with van der Waals surface area (Å²) in [7, 11) is 0. The molecule has 0 aliphatic carbocycles. The normalized spacial score (nSPS) is 19.6. The lowest BCUT2D eigenvalue weighted by molar-refractivity contribution is 0.0533. The Bertz CT molecular complexity index is 419. The molecule has 5 nitrogen and oxygen atoms in total. The van der Waals surface area contributed by atoms with E-state index in [2.05, 4.69) is 4.90 Å². The minimum Gasteiger partial charge on any atom is -0.462 e. The van der Waals surface area contributed by atoms with Gasteiger partial charge in [0.1, 0.15) is 4.88 Å². The van der Waals surface area contributed by atoms with Gasteiger partial charge in [0, 0.05) is 19.1 Å². The third kappa shape index (κ3) is 2.53. The molecule has 1 aliphatic rings. The van der Waals surface area contributed by atoms with Crippen LogP contribution in [0.3, 0.4) is 0 Å². The second kappa shape index (κ2) is 4.93. The fourth-order valence-corrected chi connectivity index (χ4v) is 2.90. The Labute approximate surface area is 104 Å². The smallest absolute Gasteiger partial charge is 0.350 e. The lowest BCUT2D eigenvalue weighted by atomic mass is 10.3. The van der Waals surface area contributed by atoms with Crippen LogP contribution in [0, 0.1) is 0 Å². The molecule has 0 aromatic carbocycles. The summed E-state index contributed by atoms with van der Waals surface area (Å²) < 4.78 is 4.95. The Morgan fingerprint density at radius 1 is 1.71 bits per heavy atom. The standard InChI is InChI=1S/C11H17N3O2S/c1-2-16-11(15)10-8(13)5-9(17-10)14-4-3-7(12)6-14/h5,7H,2-4,6,12-13H2,1H3. The highest BCUT2D eigenvalue weighted by Crippen LogP contribution is 2.34. The highest BCUT2D eigenvalue weighted by molar-refractivity contribution is 7.18. The SMILES string of the molecule is CCOC(=O)c1sc(N2CCC(N)C2)cc1N. The van der Waals surface area contributed by atoms with E-state index in [-0.39, 0.29) is 12.0 Å². The molecule has 0 bridgehead atoms. The maximum absolute atomic E-state index is 11.6. The van der Waals surface area contributed by atoms with E-state index in [0.717, 1.165) is 24.5 Å². The van der Waals surface area contributed by atoms with Gasteiger partial charge in [-0.05, 0) is 19.4 Å². The second-order valence-corrected chi connectivity index (χ2v) is 5.11. The number of hydrogen-bond donors (Lipinski definition) is 2. The summed E-state index contributed by atoms with van der Waals surface area (Å²) >= 11 is 1.38. The van der Waals surface area contributed by atoms with Gasteiger partial charge in [0.05, 0.1) is 17.3 Å². The average molecular weight is 255 g/mol. The summed E-state index contributed by atoms with van der Waals surface area (Å²) in [5.74, 6) is -0.343. The number of nitrogen functional groups attached to an aromatic ring is 1. The van der Waals surface area contributed by atoms with E-state index in [1.54, 1.807) is 6.92 Å². The van der Waals surface area contributed by atoms with Crippen molar-refractivity contribution in [2.75, 3.05) is 30.3 Å². The average Bonchev–Trinajstić information content (AvgIpc) is 2.85. The Hall–Kier alpha value is -1.27. The molecule has 94 valence electrons. The van der Waals surface area contributed by atoms with Crippen LogP contribution < -0.4 is 16.4 Å². The van der Waals surface area contributed by atoms with E-state index in [1.165, 1.54) is 11.3 Å². The van der Waals surface area contributed by atoms with E-state index < -0.39 is 0 Å². The Morgan fingerprint density at radius 2 is 2.47 bits per heavy atom. The zero-order valence-electron chi connectivity index (χ0n) is 9.81. The lowest BCUT2D eigenvalue weighted by Crippen LogP contribution is -2.25. The molecule has 0 saturated carbocycles. The molecule has 0 spiro atoms. The number of esters is 1. The first-order valence-electron chi connectivity index (χ1n) is 5.68. The van der Waals surface area contributed by atoms with Crippen molar-refractivity contribution in [2.24, 2.45) is 5.73 Å². The highest BCUT2D eigenvalue weighted by atomic mass is 32.1. The van der Waals surface area contributed by atoms with Crippen LogP contribution in [0.2, 0.25) is 0 Å². The van der Waals surface area contributed by atoms with Gasteiger partial charge in [0.2, 0.25) is 0 Å². The molecular formula is C11H17N3O2S. The summed E-state index contributed by atoms with van der Waals surface area (Å²) in [4.78, 5) is 14.3. The summed E-state index contributed by atoms with van der Waals surface area (Å²) in [6, 6.07) is 2.04. The fraction of sp³-hybridized carbons (Fsp3) is 0.545. The van der Waals surface area contributed by atoms with Gasteiger partial charge in [-0.15, -0.1) is 11.3 Å². The molecule has 1 unspecified atom stereocenters. The third-order valence-electron chi connectivity index (χ3n) is 2.75. The van der Waals surface area contributed by atoms with E-state index >= 15 is 0 Å². The van der Waals surface area contributed by atoms with Crippen molar-refractivity contribution in [3.8, 4) is 0 Å². The van der Waals surface area contributed by atoms with Crippen molar-refractivity contribution in [1.82, 2.24) is 0 Å². The molecule has 1 saturated heterocycles. The number of nitrogens with zero attached hydrogens (tertiary/aromatic N) is 1. The maximum Gasteiger partial charge on any atom is 0.350 e. The number of carbonyl (C=O) groups excluding carboxylic acids is 1. The summed E-state index contributed by atoms with van der Waals surface area (Å²) in [5.41, 5.74) is 12.2. The molecule has 1 aliphatic heterocycles. The monoisotopic (exact) mass is 255 g/mol. The summed E-state index contributed by atoms with van der Waals surface area (Å²) in [6.07, 6.45) is 0.979. The number of carbonyl (C=O) groups is 1. The summed E-state index contributed by atoms with van der Waals surface area (Å²) in [5, 5.41) is 0.999. The minimum atomic E-state index is -0.343. The molecule has 1 aromatic heterocycles. The van der Waals surface area contributed by atoms with Crippen LogP contribution in [-0.4, -0.2) is 31.7 Å². The van der Waals surface area contributed by atoms with E-state index in [4.69, 9.17) is 16.2 Å². The predicted molar refractivity (Wildman–Crippen MR) is 69.5 cm³/mol. The van der Waals surface area contributed by atoms with Crippen LogP contribution in [0.25, 0.3) is 0 Å². The van der Waals surface area contributed by atoms with Crippen LogP contribution in [0.5, 0.6) is 0 Å². The molecule has 2 rings (SSSR count). The number of thiophene rings is 1. The quantitative estimate of drug-likeness (QED) is 0.789. The second-order valence-electron chi connectivity index (χ2n) is 4.08. The van der Waals surface area contributed by atoms with Crippen LogP contribution >= 0.6 is 11.3 Å². The van der Waals surface area contributed by atoms with Gasteiger partial charge >= 0.3 is 5.97 Å². The van der Waals surface area contributed by atoms with Crippen LogP contribution in [-0.2, 0) is 4.74 Å². The van der Waals surface area contributed by atoms with E-state index in [9.17, 15) is 4.79 Å². The van der Waals surface area contributed by atoms with Crippen LogP contribution in [0.1, 0.15) is 23.0 Å². The van der Waals surface area contributed by atoms with Crippen molar-refractivity contribution < 1.29 is 9.53 Å².